The molecule has 0 heterocycles. The normalized spacial score (nSPS) is 12.8. The van der Waals surface area contributed by atoms with Crippen LogP contribution in [-0.4, -0.2) is 20.6 Å². The lowest BCUT2D eigenvalue weighted by atomic mass is 10.0. The molecule has 7 heteroatoms. The monoisotopic (exact) mass is 420 g/mol. The number of rotatable bonds is 7. The van der Waals surface area contributed by atoms with E-state index in [4.69, 9.17) is 0 Å². The van der Waals surface area contributed by atoms with E-state index in [1.54, 1.807) is 26.0 Å². The van der Waals surface area contributed by atoms with Crippen molar-refractivity contribution in [1.29, 1.82) is 0 Å². The first kappa shape index (κ1) is 22.5. The van der Waals surface area contributed by atoms with Crippen LogP contribution in [0.25, 0.3) is 0 Å². The molecule has 0 saturated heterocycles. The van der Waals surface area contributed by atoms with Crippen LogP contribution in [0.4, 0.5) is 5.69 Å². The molecule has 0 saturated carbocycles. The molecule has 0 aliphatic carbocycles. The molecule has 152 valence electrons. The van der Waals surface area contributed by atoms with E-state index in [0.717, 1.165) is 21.6 Å². The Bertz CT molecular complexity index is 970. The molecular weight excluding hydrogens is 392 g/mol. The molecule has 0 aromatic heterocycles. The Hall–Kier alpha value is -1.83. The Labute approximate surface area is 172 Å². The van der Waals surface area contributed by atoms with Crippen molar-refractivity contribution in [2.75, 3.05) is 11.6 Å². The van der Waals surface area contributed by atoms with Crippen LogP contribution < -0.4 is 10.0 Å². The number of sulfonamides is 1. The number of carbonyl (C=O) groups excluding carboxylic acids is 1. The average molecular weight is 421 g/mol. The average Bonchev–Trinajstić information content (AvgIpc) is 2.60. The van der Waals surface area contributed by atoms with Crippen LogP contribution in [0.5, 0.6) is 0 Å². The number of nitrogens with one attached hydrogen (secondary N) is 2. The van der Waals surface area contributed by atoms with Crippen LogP contribution in [0.1, 0.15) is 43.5 Å². The number of anilines is 1. The molecule has 0 bridgehead atoms. The van der Waals surface area contributed by atoms with Gasteiger partial charge in [-0.25, -0.2) is 13.1 Å². The second kappa shape index (κ2) is 9.11. The van der Waals surface area contributed by atoms with E-state index in [9.17, 15) is 13.2 Å². The SMILES string of the molecule is CSc1ccc(S(=O)(=O)N[C@@H](C)c2ccc(C)cc2C)cc1NC(=O)C(C)C. The zero-order valence-electron chi connectivity index (χ0n) is 17.2. The lowest BCUT2D eigenvalue weighted by Crippen LogP contribution is -2.27. The van der Waals surface area contributed by atoms with Gasteiger partial charge in [0.15, 0.2) is 0 Å². The molecule has 0 aliphatic heterocycles. The summed E-state index contributed by atoms with van der Waals surface area (Å²) in [6.45, 7) is 9.39. The molecule has 5 nitrogen and oxygen atoms in total. The van der Waals surface area contributed by atoms with Crippen molar-refractivity contribution in [3.8, 4) is 0 Å². The van der Waals surface area contributed by atoms with Gasteiger partial charge in [-0.05, 0) is 56.4 Å². The van der Waals surface area contributed by atoms with Crippen molar-refractivity contribution in [1.82, 2.24) is 4.72 Å². The maximum absolute atomic E-state index is 12.9. The van der Waals surface area contributed by atoms with Crippen LogP contribution in [0.15, 0.2) is 46.2 Å². The van der Waals surface area contributed by atoms with E-state index in [2.05, 4.69) is 10.0 Å². The number of hydrogen-bond acceptors (Lipinski definition) is 4. The topological polar surface area (TPSA) is 75.3 Å². The van der Waals surface area contributed by atoms with Gasteiger partial charge in [0.2, 0.25) is 15.9 Å². The number of amides is 1. The third-order valence-corrected chi connectivity index (χ3v) is 6.82. The predicted molar refractivity (Wildman–Crippen MR) is 116 cm³/mol. The molecule has 0 radical (unpaired) electrons. The van der Waals surface area contributed by atoms with Crippen molar-refractivity contribution >= 4 is 33.4 Å². The zero-order chi connectivity index (χ0) is 21.1. The Morgan fingerprint density at radius 1 is 1.04 bits per heavy atom. The number of benzene rings is 2. The molecule has 1 amide bonds. The minimum absolute atomic E-state index is 0.126. The van der Waals surface area contributed by atoms with Crippen molar-refractivity contribution in [3.63, 3.8) is 0 Å². The molecule has 1 atom stereocenters. The van der Waals surface area contributed by atoms with Crippen LogP contribution >= 0.6 is 11.8 Å². The summed E-state index contributed by atoms with van der Waals surface area (Å²) in [5.74, 6) is -0.348. The fourth-order valence-corrected chi connectivity index (χ4v) is 4.69. The highest BCUT2D eigenvalue weighted by atomic mass is 32.2. The van der Waals surface area contributed by atoms with E-state index < -0.39 is 10.0 Å². The number of thioether (sulfide) groups is 1. The highest BCUT2D eigenvalue weighted by Gasteiger charge is 2.21. The van der Waals surface area contributed by atoms with Crippen LogP contribution in [0, 0.1) is 19.8 Å². The number of carbonyl (C=O) groups is 1. The Kier molecular flexibility index (Phi) is 7.31. The molecule has 2 aromatic carbocycles. The molecule has 0 aliphatic rings. The summed E-state index contributed by atoms with van der Waals surface area (Å²) in [7, 11) is -3.75. The number of aryl methyl sites for hydroxylation is 2. The summed E-state index contributed by atoms with van der Waals surface area (Å²) in [5.41, 5.74) is 3.61. The van der Waals surface area contributed by atoms with Gasteiger partial charge < -0.3 is 5.32 Å². The third-order valence-electron chi connectivity index (χ3n) is 4.49. The van der Waals surface area contributed by atoms with Crippen LogP contribution in [0.2, 0.25) is 0 Å². The molecule has 2 rings (SSSR count). The zero-order valence-corrected chi connectivity index (χ0v) is 18.8. The second-order valence-electron chi connectivity index (χ2n) is 7.21. The maximum atomic E-state index is 12.9. The molecule has 0 unspecified atom stereocenters. The van der Waals surface area contributed by atoms with Crippen LogP contribution in [-0.2, 0) is 14.8 Å². The summed E-state index contributed by atoms with van der Waals surface area (Å²) >= 11 is 1.45. The molecule has 0 spiro atoms. The van der Waals surface area contributed by atoms with Gasteiger partial charge in [0, 0.05) is 16.9 Å². The summed E-state index contributed by atoms with van der Waals surface area (Å²) in [5, 5.41) is 2.82. The fraction of sp³-hybridized carbons (Fsp3) is 0.381. The largest absolute Gasteiger partial charge is 0.325 e. The first-order valence-corrected chi connectivity index (χ1v) is 11.8. The highest BCUT2D eigenvalue weighted by molar-refractivity contribution is 7.98. The van der Waals surface area contributed by atoms with Crippen molar-refractivity contribution in [2.45, 2.75) is 50.5 Å². The molecular formula is C21H28N2O3S2. The lowest BCUT2D eigenvalue weighted by molar-refractivity contribution is -0.118. The van der Waals surface area contributed by atoms with E-state index >= 15 is 0 Å². The minimum atomic E-state index is -3.75. The quantitative estimate of drug-likeness (QED) is 0.639. The Balaban J connectivity index is 2.33. The van der Waals surface area contributed by atoms with Crippen molar-refractivity contribution < 1.29 is 13.2 Å². The highest BCUT2D eigenvalue weighted by Crippen LogP contribution is 2.29. The summed E-state index contributed by atoms with van der Waals surface area (Å²) in [4.78, 5) is 13.0. The Morgan fingerprint density at radius 3 is 2.29 bits per heavy atom. The van der Waals surface area contributed by atoms with Crippen molar-refractivity contribution in [3.05, 3.63) is 53.1 Å². The predicted octanol–water partition coefficient (Wildman–Crippen LogP) is 4.66. The van der Waals surface area contributed by atoms with Gasteiger partial charge >= 0.3 is 0 Å². The second-order valence-corrected chi connectivity index (χ2v) is 9.77. The van der Waals surface area contributed by atoms with E-state index in [1.807, 2.05) is 45.2 Å². The van der Waals surface area contributed by atoms with E-state index in [0.29, 0.717) is 5.69 Å². The first-order valence-electron chi connectivity index (χ1n) is 9.13. The van der Waals surface area contributed by atoms with Gasteiger partial charge in [0.25, 0.3) is 0 Å². The van der Waals surface area contributed by atoms with Gasteiger partial charge in [-0.1, -0.05) is 37.6 Å². The molecule has 2 N–H and O–H groups in total. The smallest absolute Gasteiger partial charge is 0.241 e. The maximum Gasteiger partial charge on any atom is 0.241 e. The molecule has 0 fully saturated rings. The van der Waals surface area contributed by atoms with E-state index in [1.165, 1.54) is 17.8 Å². The minimum Gasteiger partial charge on any atom is -0.325 e. The summed E-state index contributed by atoms with van der Waals surface area (Å²) in [6.07, 6.45) is 1.88. The van der Waals surface area contributed by atoms with Gasteiger partial charge in [0.1, 0.15) is 0 Å². The molecule has 2 aromatic rings. The van der Waals surface area contributed by atoms with Gasteiger partial charge in [-0.15, -0.1) is 11.8 Å². The summed E-state index contributed by atoms with van der Waals surface area (Å²) < 4.78 is 28.6. The van der Waals surface area contributed by atoms with Gasteiger partial charge in [-0.3, -0.25) is 4.79 Å². The van der Waals surface area contributed by atoms with Crippen molar-refractivity contribution in [2.24, 2.45) is 5.92 Å². The fourth-order valence-electron chi connectivity index (χ4n) is 2.90. The van der Waals surface area contributed by atoms with Gasteiger partial charge in [-0.2, -0.15) is 0 Å². The number of hydrogen-bond donors (Lipinski definition) is 2. The standard InChI is InChI=1S/C21H28N2O3S2/c1-13(2)21(24)22-19-12-17(8-10-20(19)27-6)28(25,26)23-16(5)18-9-7-14(3)11-15(18)4/h7-13,16,23H,1-6H3,(H,22,24)/t16-/m0/s1. The van der Waals surface area contributed by atoms with Crippen LogP contribution in [0.3, 0.4) is 0 Å². The lowest BCUT2D eigenvalue weighted by Gasteiger charge is -2.18. The Morgan fingerprint density at radius 2 is 1.71 bits per heavy atom. The van der Waals surface area contributed by atoms with E-state index in [-0.39, 0.29) is 22.8 Å². The first-order chi connectivity index (χ1) is 13.0. The third kappa shape index (κ3) is 5.37. The molecule has 28 heavy (non-hydrogen) atoms. The summed E-state index contributed by atoms with van der Waals surface area (Å²) in [6, 6.07) is 10.4. The van der Waals surface area contributed by atoms with Gasteiger partial charge in [0.05, 0.1) is 10.6 Å².